The monoisotopic (exact) mass is 466 g/mol. The topological polar surface area (TPSA) is 50.0 Å². The lowest BCUT2D eigenvalue weighted by Crippen LogP contribution is -2.46. The van der Waals surface area contributed by atoms with Gasteiger partial charge in [0.2, 0.25) is 0 Å². The lowest BCUT2D eigenvalue weighted by atomic mass is 10.1. The van der Waals surface area contributed by atoms with Crippen LogP contribution >= 0.6 is 0 Å². The minimum atomic E-state index is 0.285. The molecule has 5 rings (SSSR count). The fraction of sp³-hybridized carbons (Fsp3) is 0.571. The van der Waals surface area contributed by atoms with Crippen LogP contribution in [0, 0.1) is 0 Å². The molecule has 0 N–H and O–H groups in total. The molecular weight excluding hydrogens is 428 g/mol. The molecule has 3 aliphatic rings. The summed E-state index contributed by atoms with van der Waals surface area (Å²) in [6.45, 7) is 11.5. The molecule has 6 heteroatoms. The Morgan fingerprint density at radius 3 is 1.47 bits per heavy atom. The summed E-state index contributed by atoms with van der Waals surface area (Å²) in [7, 11) is 0. The largest absolute Gasteiger partial charge is 0.491 e. The maximum Gasteiger partial charge on any atom is 0.122 e. The number of piperazine rings is 1. The lowest BCUT2D eigenvalue weighted by Gasteiger charge is -2.38. The van der Waals surface area contributed by atoms with Gasteiger partial charge >= 0.3 is 0 Å². The second-order valence-electron chi connectivity index (χ2n) is 9.59. The number of epoxide rings is 2. The van der Waals surface area contributed by atoms with Crippen LogP contribution in [-0.2, 0) is 22.3 Å². The maximum absolute atomic E-state index is 6.04. The van der Waals surface area contributed by atoms with Crippen LogP contribution in [0.25, 0.3) is 0 Å². The molecule has 184 valence electrons. The molecule has 0 spiro atoms. The van der Waals surface area contributed by atoms with Crippen molar-refractivity contribution in [3.63, 3.8) is 0 Å². The zero-order valence-electron chi connectivity index (χ0n) is 20.6. The molecule has 3 fully saturated rings. The first kappa shape index (κ1) is 23.3. The highest BCUT2D eigenvalue weighted by Crippen LogP contribution is 2.31. The molecule has 0 bridgehead atoms. The molecule has 3 saturated heterocycles. The first-order chi connectivity index (χ1) is 16.7. The van der Waals surface area contributed by atoms with Gasteiger partial charge in [-0.2, -0.15) is 0 Å². The zero-order chi connectivity index (χ0) is 23.3. The Kier molecular flexibility index (Phi) is 7.45. The molecule has 2 atom stereocenters. The number of benzene rings is 2. The summed E-state index contributed by atoms with van der Waals surface area (Å²) in [5, 5.41) is 0. The van der Waals surface area contributed by atoms with Crippen molar-refractivity contribution < 1.29 is 18.9 Å². The molecule has 0 aromatic heterocycles. The van der Waals surface area contributed by atoms with Crippen LogP contribution in [-0.4, -0.2) is 64.8 Å². The van der Waals surface area contributed by atoms with E-state index in [-0.39, 0.29) is 12.2 Å². The van der Waals surface area contributed by atoms with Crippen molar-refractivity contribution >= 4 is 11.4 Å². The van der Waals surface area contributed by atoms with E-state index in [0.29, 0.717) is 13.2 Å². The highest BCUT2D eigenvalue weighted by Gasteiger charge is 2.25. The number of ether oxygens (including phenoxy) is 4. The van der Waals surface area contributed by atoms with E-state index in [1.807, 2.05) is 0 Å². The predicted octanol–water partition coefficient (Wildman–Crippen LogP) is 4.47. The van der Waals surface area contributed by atoms with Crippen molar-refractivity contribution in [2.75, 3.05) is 62.4 Å². The van der Waals surface area contributed by atoms with Crippen LogP contribution in [0.5, 0.6) is 11.5 Å². The first-order valence-corrected chi connectivity index (χ1v) is 13.0. The van der Waals surface area contributed by atoms with Crippen LogP contribution in [0.4, 0.5) is 11.4 Å². The fourth-order valence-electron chi connectivity index (χ4n) is 4.65. The quantitative estimate of drug-likeness (QED) is 0.430. The molecule has 0 radical (unpaired) electrons. The van der Waals surface area contributed by atoms with Crippen molar-refractivity contribution in [2.24, 2.45) is 0 Å². The Bertz CT molecular complexity index is 872. The Morgan fingerprint density at radius 1 is 0.706 bits per heavy atom. The molecule has 2 unspecified atom stereocenters. The van der Waals surface area contributed by atoms with Crippen LogP contribution in [0.1, 0.15) is 37.8 Å². The Morgan fingerprint density at radius 2 is 1.12 bits per heavy atom. The summed E-state index contributed by atoms with van der Waals surface area (Å²) >= 11 is 0. The third kappa shape index (κ3) is 5.97. The van der Waals surface area contributed by atoms with Gasteiger partial charge in [-0.1, -0.05) is 26.7 Å². The van der Waals surface area contributed by atoms with Crippen LogP contribution in [0.15, 0.2) is 36.4 Å². The van der Waals surface area contributed by atoms with Crippen molar-refractivity contribution in [1.29, 1.82) is 0 Å². The fourth-order valence-corrected chi connectivity index (χ4v) is 4.65. The molecule has 34 heavy (non-hydrogen) atoms. The van der Waals surface area contributed by atoms with E-state index in [4.69, 9.17) is 18.9 Å². The van der Waals surface area contributed by atoms with Crippen LogP contribution < -0.4 is 19.3 Å². The normalized spacial score (nSPS) is 21.5. The van der Waals surface area contributed by atoms with Gasteiger partial charge in [0, 0.05) is 37.6 Å². The summed E-state index contributed by atoms with van der Waals surface area (Å²) in [4.78, 5) is 5.01. The molecule has 0 amide bonds. The summed E-state index contributed by atoms with van der Waals surface area (Å²) in [6, 6.07) is 13.4. The van der Waals surface area contributed by atoms with Gasteiger partial charge < -0.3 is 28.7 Å². The third-order valence-electron chi connectivity index (χ3n) is 6.79. The van der Waals surface area contributed by atoms with E-state index in [0.717, 1.165) is 76.6 Å². The van der Waals surface area contributed by atoms with Crippen molar-refractivity contribution in [1.82, 2.24) is 0 Å². The second kappa shape index (κ2) is 10.9. The van der Waals surface area contributed by atoms with Gasteiger partial charge in [0.1, 0.15) is 36.9 Å². The first-order valence-electron chi connectivity index (χ1n) is 13.0. The van der Waals surface area contributed by atoms with E-state index in [1.165, 1.54) is 22.5 Å². The van der Waals surface area contributed by atoms with E-state index < -0.39 is 0 Å². The molecule has 2 aromatic carbocycles. The molecular formula is C28H38N2O4. The standard InChI is InChI=1S/C28H38N2O4/c1-3-5-21-15-23(7-9-27(21)33-19-25-17-31-25)29-11-13-30(14-12-29)24-8-10-28(22(16-24)6-4-2)34-20-26-18-32-26/h7-10,15-16,25-26H,3-6,11-14,17-20H2,1-2H3. The van der Waals surface area contributed by atoms with Gasteiger partial charge in [0.05, 0.1) is 13.2 Å². The summed E-state index contributed by atoms with van der Waals surface area (Å²) in [5.74, 6) is 2.03. The van der Waals surface area contributed by atoms with E-state index in [2.05, 4.69) is 60.0 Å². The predicted molar refractivity (Wildman–Crippen MR) is 136 cm³/mol. The van der Waals surface area contributed by atoms with Crippen molar-refractivity contribution in [2.45, 2.75) is 51.7 Å². The molecule has 3 aliphatic heterocycles. The summed E-state index contributed by atoms with van der Waals surface area (Å²) in [6.07, 6.45) is 4.87. The number of anilines is 2. The van der Waals surface area contributed by atoms with Crippen LogP contribution in [0.3, 0.4) is 0 Å². The zero-order valence-corrected chi connectivity index (χ0v) is 20.6. The van der Waals surface area contributed by atoms with Gasteiger partial charge in [0.25, 0.3) is 0 Å². The van der Waals surface area contributed by atoms with Gasteiger partial charge in [-0.05, 0) is 60.4 Å². The number of nitrogens with zero attached hydrogens (tertiary/aromatic N) is 2. The van der Waals surface area contributed by atoms with Gasteiger partial charge in [-0.15, -0.1) is 0 Å². The number of aryl methyl sites for hydroxylation is 2. The third-order valence-corrected chi connectivity index (χ3v) is 6.79. The Balaban J connectivity index is 1.21. The average molecular weight is 467 g/mol. The van der Waals surface area contributed by atoms with E-state index >= 15 is 0 Å². The molecule has 0 aliphatic carbocycles. The van der Waals surface area contributed by atoms with Gasteiger partial charge in [-0.25, -0.2) is 0 Å². The summed E-state index contributed by atoms with van der Waals surface area (Å²) in [5.41, 5.74) is 5.21. The highest BCUT2D eigenvalue weighted by molar-refractivity contribution is 5.57. The van der Waals surface area contributed by atoms with E-state index in [1.54, 1.807) is 0 Å². The number of hydrogen-bond acceptors (Lipinski definition) is 6. The minimum absolute atomic E-state index is 0.285. The Hall–Kier alpha value is -2.44. The summed E-state index contributed by atoms with van der Waals surface area (Å²) < 4.78 is 22.7. The number of hydrogen-bond donors (Lipinski definition) is 0. The second-order valence-corrected chi connectivity index (χ2v) is 9.59. The SMILES string of the molecule is CCCc1cc(N2CCN(c3ccc(OCC4CO4)c(CCC)c3)CC2)ccc1OCC1CO1. The minimum Gasteiger partial charge on any atom is -0.491 e. The molecule has 3 heterocycles. The van der Waals surface area contributed by atoms with Crippen molar-refractivity contribution in [3.05, 3.63) is 47.5 Å². The number of rotatable bonds is 12. The lowest BCUT2D eigenvalue weighted by molar-refractivity contribution is 0.261. The smallest absolute Gasteiger partial charge is 0.122 e. The van der Waals surface area contributed by atoms with Crippen LogP contribution in [0.2, 0.25) is 0 Å². The van der Waals surface area contributed by atoms with E-state index in [9.17, 15) is 0 Å². The van der Waals surface area contributed by atoms with Crippen molar-refractivity contribution in [3.8, 4) is 11.5 Å². The molecule has 0 saturated carbocycles. The van der Waals surface area contributed by atoms with Gasteiger partial charge in [-0.3, -0.25) is 0 Å². The average Bonchev–Trinajstić information content (AvgIpc) is 3.78. The Labute approximate surface area is 203 Å². The molecule has 6 nitrogen and oxygen atoms in total. The highest BCUT2D eigenvalue weighted by atomic mass is 16.6. The maximum atomic E-state index is 6.04. The van der Waals surface area contributed by atoms with Gasteiger partial charge in [0.15, 0.2) is 0 Å². The molecule has 2 aromatic rings.